The van der Waals surface area contributed by atoms with Gasteiger partial charge in [0.15, 0.2) is 0 Å². The molecule has 4 heteroatoms. The van der Waals surface area contributed by atoms with E-state index >= 15 is 0 Å². The van der Waals surface area contributed by atoms with Gasteiger partial charge in [-0.25, -0.2) is 4.98 Å². The third kappa shape index (κ3) is 3.45. The van der Waals surface area contributed by atoms with Crippen LogP contribution in [0.5, 0.6) is 0 Å². The standard InChI is InChI=1S/C15H22N4/c1-19(2)12-15(7-3-4-8-15)11-18-14-13(10-16)6-5-9-17-14/h5-6,9H,3-4,7-8,11-12H2,1-2H3,(H,17,18). The van der Waals surface area contributed by atoms with E-state index < -0.39 is 0 Å². The van der Waals surface area contributed by atoms with Crippen LogP contribution in [0, 0.1) is 16.7 Å². The Kier molecular flexibility index (Phi) is 4.39. The van der Waals surface area contributed by atoms with Crippen LogP contribution >= 0.6 is 0 Å². The van der Waals surface area contributed by atoms with E-state index in [4.69, 9.17) is 5.26 Å². The fourth-order valence-electron chi connectivity index (χ4n) is 3.09. The number of nitriles is 1. The Balaban J connectivity index is 2.05. The highest BCUT2D eigenvalue weighted by atomic mass is 15.1. The molecule has 1 aromatic rings. The SMILES string of the molecule is CN(C)CC1(CNc2ncccc2C#N)CCCC1. The summed E-state index contributed by atoms with van der Waals surface area (Å²) in [6, 6.07) is 5.80. The third-order valence-corrected chi connectivity index (χ3v) is 3.87. The van der Waals surface area contributed by atoms with Crippen molar-refractivity contribution in [3.63, 3.8) is 0 Å². The first kappa shape index (κ1) is 13.8. The molecule has 0 aromatic carbocycles. The predicted molar refractivity (Wildman–Crippen MR) is 76.9 cm³/mol. The molecule has 2 rings (SSSR count). The minimum atomic E-state index is 0.327. The molecule has 0 bridgehead atoms. The Hall–Kier alpha value is -1.60. The second-order valence-corrected chi connectivity index (χ2v) is 5.81. The zero-order chi connectivity index (χ0) is 13.7. The summed E-state index contributed by atoms with van der Waals surface area (Å²) in [5.74, 6) is 0.718. The maximum absolute atomic E-state index is 9.08. The Morgan fingerprint density at radius 1 is 1.42 bits per heavy atom. The van der Waals surface area contributed by atoms with Gasteiger partial charge < -0.3 is 10.2 Å². The minimum Gasteiger partial charge on any atom is -0.368 e. The van der Waals surface area contributed by atoms with Crippen molar-refractivity contribution in [2.45, 2.75) is 25.7 Å². The summed E-state index contributed by atoms with van der Waals surface area (Å²) in [6.07, 6.45) is 6.86. The number of aromatic nitrogens is 1. The van der Waals surface area contributed by atoms with E-state index in [0.717, 1.165) is 18.9 Å². The molecular formula is C15H22N4. The molecule has 1 aromatic heterocycles. The molecule has 102 valence electrons. The van der Waals surface area contributed by atoms with Crippen LogP contribution in [0.2, 0.25) is 0 Å². The molecule has 4 nitrogen and oxygen atoms in total. The predicted octanol–water partition coefficient (Wildman–Crippen LogP) is 2.49. The molecule has 1 aliphatic carbocycles. The van der Waals surface area contributed by atoms with Crippen molar-refractivity contribution in [3.05, 3.63) is 23.9 Å². The Bertz CT molecular complexity index is 455. The van der Waals surface area contributed by atoms with E-state index in [-0.39, 0.29) is 0 Å². The van der Waals surface area contributed by atoms with Crippen molar-refractivity contribution < 1.29 is 0 Å². The van der Waals surface area contributed by atoms with Gasteiger partial charge in [-0.2, -0.15) is 5.26 Å². The van der Waals surface area contributed by atoms with E-state index in [2.05, 4.69) is 35.4 Å². The van der Waals surface area contributed by atoms with Crippen LogP contribution in [0.25, 0.3) is 0 Å². The quantitative estimate of drug-likeness (QED) is 0.881. The summed E-state index contributed by atoms with van der Waals surface area (Å²) in [4.78, 5) is 6.53. The van der Waals surface area contributed by atoms with Gasteiger partial charge in [0.1, 0.15) is 11.9 Å². The number of nitrogens with zero attached hydrogens (tertiary/aromatic N) is 3. The van der Waals surface area contributed by atoms with Gasteiger partial charge in [-0.15, -0.1) is 0 Å². The summed E-state index contributed by atoms with van der Waals surface area (Å²) >= 11 is 0. The maximum atomic E-state index is 9.08. The van der Waals surface area contributed by atoms with Crippen LogP contribution in [-0.4, -0.2) is 37.1 Å². The largest absolute Gasteiger partial charge is 0.368 e. The minimum absolute atomic E-state index is 0.327. The van der Waals surface area contributed by atoms with Crippen molar-refractivity contribution in [1.82, 2.24) is 9.88 Å². The lowest BCUT2D eigenvalue weighted by molar-refractivity contribution is 0.215. The molecule has 0 spiro atoms. The molecule has 1 heterocycles. The lowest BCUT2D eigenvalue weighted by atomic mass is 9.85. The van der Waals surface area contributed by atoms with E-state index in [1.165, 1.54) is 25.7 Å². The first-order valence-corrected chi connectivity index (χ1v) is 6.89. The van der Waals surface area contributed by atoms with Crippen molar-refractivity contribution >= 4 is 5.82 Å². The number of hydrogen-bond acceptors (Lipinski definition) is 4. The monoisotopic (exact) mass is 258 g/mol. The normalized spacial score (nSPS) is 17.4. The zero-order valence-electron chi connectivity index (χ0n) is 11.8. The summed E-state index contributed by atoms with van der Waals surface area (Å²) in [6.45, 7) is 1.99. The lowest BCUT2D eigenvalue weighted by Crippen LogP contribution is -2.37. The molecule has 0 saturated heterocycles. The van der Waals surface area contributed by atoms with Gasteiger partial charge in [-0.05, 0) is 39.1 Å². The average Bonchev–Trinajstić information content (AvgIpc) is 2.85. The highest BCUT2D eigenvalue weighted by Gasteiger charge is 2.34. The van der Waals surface area contributed by atoms with Crippen LogP contribution in [-0.2, 0) is 0 Å². The first-order chi connectivity index (χ1) is 9.15. The molecule has 0 radical (unpaired) electrons. The number of anilines is 1. The van der Waals surface area contributed by atoms with Crippen LogP contribution < -0.4 is 5.32 Å². The van der Waals surface area contributed by atoms with E-state index in [1.807, 2.05) is 6.07 Å². The molecule has 0 amide bonds. The maximum Gasteiger partial charge on any atom is 0.143 e. The molecule has 1 fully saturated rings. The van der Waals surface area contributed by atoms with Crippen molar-refractivity contribution in [3.8, 4) is 6.07 Å². The van der Waals surface area contributed by atoms with E-state index in [9.17, 15) is 0 Å². The van der Waals surface area contributed by atoms with Crippen LogP contribution in [0.1, 0.15) is 31.2 Å². The lowest BCUT2D eigenvalue weighted by Gasteiger charge is -2.32. The number of nitrogens with one attached hydrogen (secondary N) is 1. The molecule has 0 unspecified atom stereocenters. The Morgan fingerprint density at radius 2 is 2.16 bits per heavy atom. The second kappa shape index (κ2) is 6.03. The highest BCUT2D eigenvalue weighted by molar-refractivity contribution is 5.51. The molecule has 1 aliphatic rings. The highest BCUT2D eigenvalue weighted by Crippen LogP contribution is 2.38. The van der Waals surface area contributed by atoms with Crippen LogP contribution in [0.15, 0.2) is 18.3 Å². The van der Waals surface area contributed by atoms with E-state index in [1.54, 1.807) is 12.3 Å². The molecular weight excluding hydrogens is 236 g/mol. The van der Waals surface area contributed by atoms with Crippen LogP contribution in [0.4, 0.5) is 5.82 Å². The zero-order valence-corrected chi connectivity index (χ0v) is 11.8. The molecule has 19 heavy (non-hydrogen) atoms. The first-order valence-electron chi connectivity index (χ1n) is 6.89. The van der Waals surface area contributed by atoms with Crippen molar-refractivity contribution in [2.24, 2.45) is 5.41 Å². The van der Waals surface area contributed by atoms with Gasteiger partial charge in [0.05, 0.1) is 5.56 Å². The van der Waals surface area contributed by atoms with Gasteiger partial charge in [0.25, 0.3) is 0 Å². The fraction of sp³-hybridized carbons (Fsp3) is 0.600. The Morgan fingerprint density at radius 3 is 2.79 bits per heavy atom. The second-order valence-electron chi connectivity index (χ2n) is 5.81. The summed E-state index contributed by atoms with van der Waals surface area (Å²) in [5, 5.41) is 12.5. The fourth-order valence-corrected chi connectivity index (χ4v) is 3.09. The van der Waals surface area contributed by atoms with E-state index in [0.29, 0.717) is 11.0 Å². The molecule has 0 atom stereocenters. The van der Waals surface area contributed by atoms with Crippen molar-refractivity contribution in [1.29, 1.82) is 5.26 Å². The van der Waals surface area contributed by atoms with Gasteiger partial charge in [0.2, 0.25) is 0 Å². The number of pyridine rings is 1. The number of rotatable bonds is 5. The van der Waals surface area contributed by atoms with Crippen molar-refractivity contribution in [2.75, 3.05) is 32.5 Å². The molecule has 0 aliphatic heterocycles. The summed E-state index contributed by atoms with van der Waals surface area (Å²) in [7, 11) is 4.25. The topological polar surface area (TPSA) is 52.0 Å². The van der Waals surface area contributed by atoms with Gasteiger partial charge in [0, 0.05) is 24.7 Å². The van der Waals surface area contributed by atoms with Crippen LogP contribution in [0.3, 0.4) is 0 Å². The average molecular weight is 258 g/mol. The molecule has 1 saturated carbocycles. The van der Waals surface area contributed by atoms with Gasteiger partial charge >= 0.3 is 0 Å². The summed E-state index contributed by atoms with van der Waals surface area (Å²) in [5.41, 5.74) is 0.953. The Labute approximate surface area is 115 Å². The number of hydrogen-bond donors (Lipinski definition) is 1. The van der Waals surface area contributed by atoms with Gasteiger partial charge in [-0.3, -0.25) is 0 Å². The molecule has 1 N–H and O–H groups in total. The third-order valence-electron chi connectivity index (χ3n) is 3.87. The summed E-state index contributed by atoms with van der Waals surface area (Å²) < 4.78 is 0. The van der Waals surface area contributed by atoms with Gasteiger partial charge in [-0.1, -0.05) is 12.8 Å². The smallest absolute Gasteiger partial charge is 0.143 e.